The van der Waals surface area contributed by atoms with Crippen LogP contribution >= 0.6 is 0 Å². The highest BCUT2D eigenvalue weighted by atomic mass is 16.5. The summed E-state index contributed by atoms with van der Waals surface area (Å²) < 4.78 is 11.4. The molecule has 0 bridgehead atoms. The lowest BCUT2D eigenvalue weighted by molar-refractivity contribution is 0.0372. The van der Waals surface area contributed by atoms with Gasteiger partial charge in [-0.05, 0) is 51.8 Å². The molecule has 1 unspecified atom stereocenters. The summed E-state index contributed by atoms with van der Waals surface area (Å²) in [6.45, 7) is 13.6. The van der Waals surface area contributed by atoms with Crippen LogP contribution in [0.3, 0.4) is 0 Å². The molecule has 1 heterocycles. The summed E-state index contributed by atoms with van der Waals surface area (Å²) in [5.74, 6) is 1.80. The van der Waals surface area contributed by atoms with Crippen LogP contribution in [0.4, 0.5) is 0 Å². The van der Waals surface area contributed by atoms with Gasteiger partial charge in [-0.25, -0.2) is 4.99 Å². The van der Waals surface area contributed by atoms with Gasteiger partial charge < -0.3 is 20.1 Å². The predicted molar refractivity (Wildman–Crippen MR) is 112 cm³/mol. The molecule has 0 saturated carbocycles. The van der Waals surface area contributed by atoms with Crippen molar-refractivity contribution in [3.05, 3.63) is 29.8 Å². The molecule has 0 spiro atoms. The van der Waals surface area contributed by atoms with Gasteiger partial charge in [-0.2, -0.15) is 0 Å². The molecule has 6 heteroatoms. The zero-order valence-electron chi connectivity index (χ0n) is 17.2. The first kappa shape index (κ1) is 21.5. The number of para-hydroxylation sites is 1. The number of benzene rings is 1. The topological polar surface area (TPSA) is 58.1 Å². The summed E-state index contributed by atoms with van der Waals surface area (Å²) in [6, 6.07) is 8.10. The Labute approximate surface area is 164 Å². The minimum atomic E-state index is 0.0304. The molecule has 27 heavy (non-hydrogen) atoms. The Balaban J connectivity index is 1.67. The molecule has 0 amide bonds. The smallest absolute Gasteiger partial charge is 0.191 e. The largest absolute Gasteiger partial charge is 0.489 e. The third-order valence-electron chi connectivity index (χ3n) is 4.57. The van der Waals surface area contributed by atoms with Gasteiger partial charge in [0.1, 0.15) is 11.9 Å². The van der Waals surface area contributed by atoms with Gasteiger partial charge in [0.2, 0.25) is 0 Å². The van der Waals surface area contributed by atoms with Gasteiger partial charge in [0.05, 0.1) is 19.8 Å². The SMILES string of the molecule is CCNC(=NCC(C)Oc1ccccc1C)NCCCCN1CCOCC1. The van der Waals surface area contributed by atoms with Gasteiger partial charge in [-0.15, -0.1) is 0 Å². The molecule has 1 atom stereocenters. The van der Waals surface area contributed by atoms with E-state index in [4.69, 9.17) is 9.47 Å². The molecular formula is C21H36N4O2. The van der Waals surface area contributed by atoms with Crippen molar-refractivity contribution >= 4 is 5.96 Å². The molecule has 1 saturated heterocycles. The highest BCUT2D eigenvalue weighted by molar-refractivity contribution is 5.79. The molecule has 1 fully saturated rings. The van der Waals surface area contributed by atoms with Crippen LogP contribution in [-0.4, -0.2) is 69.4 Å². The maximum absolute atomic E-state index is 6.01. The van der Waals surface area contributed by atoms with Crippen LogP contribution in [0, 0.1) is 6.92 Å². The Morgan fingerprint density at radius 1 is 1.22 bits per heavy atom. The summed E-state index contributed by atoms with van der Waals surface area (Å²) in [5.41, 5.74) is 1.15. The number of ether oxygens (including phenoxy) is 2. The van der Waals surface area contributed by atoms with Crippen molar-refractivity contribution in [1.29, 1.82) is 0 Å². The number of morpholine rings is 1. The third kappa shape index (κ3) is 8.63. The predicted octanol–water partition coefficient (Wildman–Crippen LogP) is 2.43. The van der Waals surface area contributed by atoms with Crippen LogP contribution in [0.15, 0.2) is 29.3 Å². The van der Waals surface area contributed by atoms with E-state index >= 15 is 0 Å². The van der Waals surface area contributed by atoms with E-state index in [1.165, 1.54) is 6.42 Å². The number of aliphatic imine (C=N–C) groups is 1. The van der Waals surface area contributed by atoms with E-state index < -0.39 is 0 Å². The van der Waals surface area contributed by atoms with Gasteiger partial charge in [-0.3, -0.25) is 4.90 Å². The van der Waals surface area contributed by atoms with Crippen molar-refractivity contribution in [3.63, 3.8) is 0 Å². The molecular weight excluding hydrogens is 340 g/mol. The first-order chi connectivity index (χ1) is 13.2. The number of nitrogens with one attached hydrogen (secondary N) is 2. The van der Waals surface area contributed by atoms with E-state index in [1.54, 1.807) is 0 Å². The van der Waals surface area contributed by atoms with Gasteiger partial charge >= 0.3 is 0 Å². The Morgan fingerprint density at radius 2 is 2.00 bits per heavy atom. The zero-order valence-corrected chi connectivity index (χ0v) is 17.2. The number of rotatable bonds is 10. The van der Waals surface area contributed by atoms with Crippen molar-refractivity contribution in [2.75, 3.05) is 52.5 Å². The first-order valence-electron chi connectivity index (χ1n) is 10.2. The van der Waals surface area contributed by atoms with E-state index in [1.807, 2.05) is 18.2 Å². The average Bonchev–Trinajstić information content (AvgIpc) is 2.68. The maximum Gasteiger partial charge on any atom is 0.191 e. The average molecular weight is 377 g/mol. The molecule has 1 aliphatic rings. The molecule has 0 aliphatic carbocycles. The van der Waals surface area contributed by atoms with Crippen molar-refractivity contribution < 1.29 is 9.47 Å². The number of nitrogens with zero attached hydrogens (tertiary/aromatic N) is 2. The summed E-state index contributed by atoms with van der Waals surface area (Å²) in [6.07, 6.45) is 2.36. The van der Waals surface area contributed by atoms with Crippen molar-refractivity contribution in [1.82, 2.24) is 15.5 Å². The standard InChI is InChI=1S/C21H36N4O2/c1-4-22-21(23-11-7-8-12-25-13-15-26-16-14-25)24-17-19(3)27-20-10-6-5-9-18(20)2/h5-6,9-10,19H,4,7-8,11-17H2,1-3H3,(H2,22,23,24). The second-order valence-electron chi connectivity index (χ2n) is 7.00. The van der Waals surface area contributed by atoms with Crippen LogP contribution in [0.25, 0.3) is 0 Å². The maximum atomic E-state index is 6.01. The molecule has 1 aromatic carbocycles. The van der Waals surface area contributed by atoms with Gasteiger partial charge in [0, 0.05) is 26.2 Å². The lowest BCUT2D eigenvalue weighted by Crippen LogP contribution is -2.39. The van der Waals surface area contributed by atoms with E-state index in [9.17, 15) is 0 Å². The Hall–Kier alpha value is -1.79. The summed E-state index contributed by atoms with van der Waals surface area (Å²) >= 11 is 0. The number of guanidine groups is 1. The first-order valence-corrected chi connectivity index (χ1v) is 10.2. The summed E-state index contributed by atoms with van der Waals surface area (Å²) in [5, 5.41) is 6.74. The zero-order chi connectivity index (χ0) is 19.3. The molecule has 0 aromatic heterocycles. The van der Waals surface area contributed by atoms with Crippen molar-refractivity contribution in [2.45, 2.75) is 39.7 Å². The van der Waals surface area contributed by atoms with Gasteiger partial charge in [0.15, 0.2) is 5.96 Å². The molecule has 2 N–H and O–H groups in total. The second-order valence-corrected chi connectivity index (χ2v) is 7.00. The van der Waals surface area contributed by atoms with Crippen molar-refractivity contribution in [2.24, 2.45) is 4.99 Å². The summed E-state index contributed by atoms with van der Waals surface area (Å²) in [4.78, 5) is 7.15. The van der Waals surface area contributed by atoms with E-state index in [-0.39, 0.29) is 6.10 Å². The molecule has 1 aromatic rings. The minimum Gasteiger partial charge on any atom is -0.489 e. The van der Waals surface area contributed by atoms with Gasteiger partial charge in [0.25, 0.3) is 0 Å². The van der Waals surface area contributed by atoms with Crippen LogP contribution in [0.1, 0.15) is 32.3 Å². The third-order valence-corrected chi connectivity index (χ3v) is 4.57. The fourth-order valence-corrected chi connectivity index (χ4v) is 3.00. The van der Waals surface area contributed by atoms with E-state index in [0.717, 1.165) is 69.6 Å². The summed E-state index contributed by atoms with van der Waals surface area (Å²) in [7, 11) is 0. The molecule has 0 radical (unpaired) electrons. The van der Waals surface area contributed by atoms with Crippen LogP contribution in [0.2, 0.25) is 0 Å². The number of hydrogen-bond donors (Lipinski definition) is 2. The van der Waals surface area contributed by atoms with Crippen molar-refractivity contribution in [3.8, 4) is 5.75 Å². The number of unbranched alkanes of at least 4 members (excludes halogenated alkanes) is 1. The lowest BCUT2D eigenvalue weighted by atomic mass is 10.2. The Morgan fingerprint density at radius 3 is 2.74 bits per heavy atom. The van der Waals surface area contributed by atoms with Crippen LogP contribution in [0.5, 0.6) is 5.75 Å². The fraction of sp³-hybridized carbons (Fsp3) is 0.667. The quantitative estimate of drug-likeness (QED) is 0.373. The Bertz CT molecular complexity index is 559. The second kappa shape index (κ2) is 12.6. The molecule has 2 rings (SSSR count). The number of hydrogen-bond acceptors (Lipinski definition) is 4. The normalized spacial score (nSPS) is 16.8. The lowest BCUT2D eigenvalue weighted by Gasteiger charge is -2.26. The number of aryl methyl sites for hydroxylation is 1. The van der Waals surface area contributed by atoms with E-state index in [0.29, 0.717) is 6.54 Å². The van der Waals surface area contributed by atoms with Gasteiger partial charge in [-0.1, -0.05) is 18.2 Å². The minimum absolute atomic E-state index is 0.0304. The monoisotopic (exact) mass is 376 g/mol. The molecule has 152 valence electrons. The van der Waals surface area contributed by atoms with E-state index in [2.05, 4.69) is 47.4 Å². The highest BCUT2D eigenvalue weighted by Gasteiger charge is 2.09. The molecule has 1 aliphatic heterocycles. The fourth-order valence-electron chi connectivity index (χ4n) is 3.00. The molecule has 6 nitrogen and oxygen atoms in total. The highest BCUT2D eigenvalue weighted by Crippen LogP contribution is 2.17. The Kier molecular flexibility index (Phi) is 10.0. The van der Waals surface area contributed by atoms with Crippen LogP contribution in [-0.2, 0) is 4.74 Å². The van der Waals surface area contributed by atoms with Crippen LogP contribution < -0.4 is 15.4 Å².